The molecule has 0 spiro atoms. The van der Waals surface area contributed by atoms with Crippen molar-refractivity contribution < 1.29 is 0 Å². The fourth-order valence-corrected chi connectivity index (χ4v) is 9.43. The van der Waals surface area contributed by atoms with E-state index in [-0.39, 0.29) is 0 Å². The number of benzene rings is 9. The van der Waals surface area contributed by atoms with Gasteiger partial charge in [-0.15, -0.1) is 0 Å². The molecule has 13 rings (SSSR count). The topological polar surface area (TPSA) is 35.1 Å². The monoisotopic (exact) mass is 684 g/mol. The SMILES string of the molecule is c1ccc2cc(-c3nc(-n4c5cc6ccccc6cc5c5cc6c7ccccc7n7c8ccccc8c(c54)c67)nc4ccc5ccccc5c34)ccc2c1. The molecule has 54 heavy (non-hydrogen) atoms. The van der Waals surface area contributed by atoms with E-state index in [1.54, 1.807) is 0 Å². The van der Waals surface area contributed by atoms with E-state index in [1.165, 1.54) is 75.8 Å². The molecule has 0 unspecified atom stereocenters. The van der Waals surface area contributed by atoms with Crippen LogP contribution in [0.4, 0.5) is 0 Å². The summed E-state index contributed by atoms with van der Waals surface area (Å²) < 4.78 is 4.82. The van der Waals surface area contributed by atoms with Crippen molar-refractivity contribution in [3.05, 3.63) is 170 Å². The highest BCUT2D eigenvalue weighted by Crippen LogP contribution is 2.47. The minimum Gasteiger partial charge on any atom is -0.308 e. The molecule has 0 fully saturated rings. The van der Waals surface area contributed by atoms with E-state index < -0.39 is 0 Å². The molecule has 248 valence electrons. The second-order valence-corrected chi connectivity index (χ2v) is 14.6. The second kappa shape index (κ2) is 10.2. The van der Waals surface area contributed by atoms with Crippen LogP contribution in [0.5, 0.6) is 0 Å². The highest BCUT2D eigenvalue weighted by molar-refractivity contribution is 6.34. The Labute approximate surface area is 308 Å². The quantitative estimate of drug-likeness (QED) is 0.170. The van der Waals surface area contributed by atoms with Gasteiger partial charge in [0.05, 0.1) is 38.8 Å². The average molecular weight is 685 g/mol. The Morgan fingerprint density at radius 2 is 0.963 bits per heavy atom. The van der Waals surface area contributed by atoms with Crippen molar-refractivity contribution in [1.29, 1.82) is 0 Å². The van der Waals surface area contributed by atoms with Crippen molar-refractivity contribution in [3.63, 3.8) is 0 Å². The molecule has 0 amide bonds. The predicted octanol–water partition coefficient (Wildman–Crippen LogP) is 13.0. The van der Waals surface area contributed by atoms with Gasteiger partial charge in [-0.3, -0.25) is 4.57 Å². The third-order valence-corrected chi connectivity index (χ3v) is 11.8. The molecule has 0 bridgehead atoms. The fourth-order valence-electron chi connectivity index (χ4n) is 9.43. The van der Waals surface area contributed by atoms with Gasteiger partial charge < -0.3 is 4.40 Å². The molecule has 4 heteroatoms. The minimum absolute atomic E-state index is 0.666. The molecule has 0 saturated carbocycles. The number of aromatic nitrogens is 4. The van der Waals surface area contributed by atoms with E-state index in [9.17, 15) is 0 Å². The van der Waals surface area contributed by atoms with E-state index in [0.717, 1.165) is 38.6 Å². The van der Waals surface area contributed by atoms with Crippen molar-refractivity contribution in [2.75, 3.05) is 0 Å². The smallest absolute Gasteiger partial charge is 0.235 e. The van der Waals surface area contributed by atoms with Crippen LogP contribution < -0.4 is 0 Å². The van der Waals surface area contributed by atoms with Crippen LogP contribution in [-0.2, 0) is 0 Å². The van der Waals surface area contributed by atoms with Gasteiger partial charge >= 0.3 is 0 Å². The molecule has 13 aromatic rings. The normalized spacial score (nSPS) is 12.4. The number of fused-ring (bicyclic) bond motifs is 15. The number of para-hydroxylation sites is 2. The Morgan fingerprint density at radius 3 is 1.78 bits per heavy atom. The lowest BCUT2D eigenvalue weighted by molar-refractivity contribution is 1.02. The minimum atomic E-state index is 0.666. The third kappa shape index (κ3) is 3.61. The highest BCUT2D eigenvalue weighted by Gasteiger charge is 2.26. The second-order valence-electron chi connectivity index (χ2n) is 14.6. The molecule has 0 N–H and O–H groups in total. The van der Waals surface area contributed by atoms with E-state index in [2.05, 4.69) is 179 Å². The zero-order valence-electron chi connectivity index (χ0n) is 29.0. The summed E-state index contributed by atoms with van der Waals surface area (Å²) in [6, 6.07) is 61.6. The lowest BCUT2D eigenvalue weighted by Crippen LogP contribution is -2.04. The first-order chi connectivity index (χ1) is 26.8. The summed E-state index contributed by atoms with van der Waals surface area (Å²) in [4.78, 5) is 11.2. The molecule has 0 aliphatic carbocycles. The van der Waals surface area contributed by atoms with E-state index in [1.807, 2.05) is 0 Å². The first kappa shape index (κ1) is 28.3. The van der Waals surface area contributed by atoms with Crippen LogP contribution in [0.1, 0.15) is 0 Å². The lowest BCUT2D eigenvalue weighted by atomic mass is 9.98. The first-order valence-corrected chi connectivity index (χ1v) is 18.5. The summed E-state index contributed by atoms with van der Waals surface area (Å²) in [5.74, 6) is 0.666. The van der Waals surface area contributed by atoms with E-state index in [0.29, 0.717) is 5.95 Å². The Kier molecular flexibility index (Phi) is 5.34. The van der Waals surface area contributed by atoms with Gasteiger partial charge in [-0.1, -0.05) is 127 Å². The van der Waals surface area contributed by atoms with Crippen LogP contribution in [0.15, 0.2) is 170 Å². The molecule has 0 saturated heterocycles. The molecule has 4 heterocycles. The maximum absolute atomic E-state index is 5.67. The van der Waals surface area contributed by atoms with Crippen molar-refractivity contribution in [2.24, 2.45) is 0 Å². The Balaban J connectivity index is 1.26. The third-order valence-electron chi connectivity index (χ3n) is 11.8. The van der Waals surface area contributed by atoms with Crippen molar-refractivity contribution in [1.82, 2.24) is 18.9 Å². The van der Waals surface area contributed by atoms with Crippen LogP contribution in [0.25, 0.3) is 120 Å². The Morgan fingerprint density at radius 1 is 0.352 bits per heavy atom. The van der Waals surface area contributed by atoms with Crippen molar-refractivity contribution in [2.45, 2.75) is 0 Å². The van der Waals surface area contributed by atoms with E-state index >= 15 is 0 Å². The van der Waals surface area contributed by atoms with Crippen LogP contribution in [0.3, 0.4) is 0 Å². The van der Waals surface area contributed by atoms with Gasteiger partial charge in [0.25, 0.3) is 0 Å². The molecule has 0 aliphatic heterocycles. The lowest BCUT2D eigenvalue weighted by Gasteiger charge is -2.14. The summed E-state index contributed by atoms with van der Waals surface area (Å²) in [6.45, 7) is 0. The van der Waals surface area contributed by atoms with Crippen LogP contribution >= 0.6 is 0 Å². The van der Waals surface area contributed by atoms with Crippen LogP contribution in [0.2, 0.25) is 0 Å². The molecule has 0 atom stereocenters. The molecule has 0 aliphatic rings. The summed E-state index contributed by atoms with van der Waals surface area (Å²) >= 11 is 0. The summed E-state index contributed by atoms with van der Waals surface area (Å²) in [5, 5.41) is 15.6. The molecular formula is C50H28N4. The number of rotatable bonds is 2. The standard InChI is InChI=1S/C50H28N4/c1-2-13-31-25-34(22-21-29(31)11-1)47-45-35-16-6-5-12-30(35)23-24-41(45)51-50(52-47)54-44-27-33-15-4-3-14-32(33)26-38(44)40-28-39-36-17-7-9-19-42(36)53-43-20-10-8-18-37(43)46(48(39)53)49(40)54/h1-28H. The van der Waals surface area contributed by atoms with E-state index in [4.69, 9.17) is 9.97 Å². The average Bonchev–Trinajstić information content (AvgIpc) is 3.86. The highest BCUT2D eigenvalue weighted by atomic mass is 15.2. The van der Waals surface area contributed by atoms with Gasteiger partial charge in [-0.05, 0) is 74.8 Å². The Hall–Kier alpha value is -7.30. The van der Waals surface area contributed by atoms with Gasteiger partial charge in [-0.2, -0.15) is 0 Å². The van der Waals surface area contributed by atoms with Crippen LogP contribution in [0, 0.1) is 0 Å². The molecule has 4 nitrogen and oxygen atoms in total. The maximum Gasteiger partial charge on any atom is 0.235 e. The maximum atomic E-state index is 5.67. The molecule has 0 radical (unpaired) electrons. The molecule has 4 aromatic heterocycles. The molecular weight excluding hydrogens is 657 g/mol. The predicted molar refractivity (Wildman–Crippen MR) is 226 cm³/mol. The van der Waals surface area contributed by atoms with Crippen LogP contribution in [-0.4, -0.2) is 18.9 Å². The molecule has 9 aromatic carbocycles. The fraction of sp³-hybridized carbons (Fsp3) is 0. The van der Waals surface area contributed by atoms with Gasteiger partial charge in [-0.25, -0.2) is 9.97 Å². The van der Waals surface area contributed by atoms with Gasteiger partial charge in [0.1, 0.15) is 0 Å². The number of nitrogens with zero attached hydrogens (tertiary/aromatic N) is 4. The summed E-state index contributed by atoms with van der Waals surface area (Å²) in [5.41, 5.74) is 8.81. The zero-order valence-corrected chi connectivity index (χ0v) is 29.0. The zero-order chi connectivity index (χ0) is 35.1. The summed E-state index contributed by atoms with van der Waals surface area (Å²) in [7, 11) is 0. The number of hydrogen-bond acceptors (Lipinski definition) is 2. The van der Waals surface area contributed by atoms with Gasteiger partial charge in [0.15, 0.2) is 0 Å². The van der Waals surface area contributed by atoms with Gasteiger partial charge in [0.2, 0.25) is 5.95 Å². The summed E-state index contributed by atoms with van der Waals surface area (Å²) in [6.07, 6.45) is 0. The Bertz CT molecular complexity index is 3740. The first-order valence-electron chi connectivity index (χ1n) is 18.5. The van der Waals surface area contributed by atoms with Crippen molar-refractivity contribution in [3.8, 4) is 17.2 Å². The largest absolute Gasteiger partial charge is 0.308 e. The van der Waals surface area contributed by atoms with Gasteiger partial charge in [0, 0.05) is 43.3 Å². The number of hydrogen-bond donors (Lipinski definition) is 0. The van der Waals surface area contributed by atoms with Crippen molar-refractivity contribution >= 4 is 103 Å².